The number of halogens is 1. The van der Waals surface area contributed by atoms with E-state index >= 15 is 0 Å². The molecule has 22 heavy (non-hydrogen) atoms. The van der Waals surface area contributed by atoms with E-state index in [1.165, 1.54) is 4.80 Å². The lowest BCUT2D eigenvalue weighted by molar-refractivity contribution is 0.440. The van der Waals surface area contributed by atoms with E-state index in [1.54, 1.807) is 0 Å². The summed E-state index contributed by atoms with van der Waals surface area (Å²) in [6.45, 7) is 8.27. The van der Waals surface area contributed by atoms with Crippen molar-refractivity contribution < 1.29 is 5.11 Å². The lowest BCUT2D eigenvalue weighted by atomic mass is 9.85. The molecule has 0 aliphatic carbocycles. The molecule has 3 aromatic rings. The fraction of sp³-hybridized carbons (Fsp3) is 0.294. The van der Waals surface area contributed by atoms with Crippen molar-refractivity contribution in [2.75, 3.05) is 0 Å². The van der Waals surface area contributed by atoms with Gasteiger partial charge in [0.05, 0.1) is 0 Å². The zero-order valence-electron chi connectivity index (χ0n) is 13.1. The van der Waals surface area contributed by atoms with Crippen molar-refractivity contribution >= 4 is 33.6 Å². The van der Waals surface area contributed by atoms with Crippen molar-refractivity contribution in [3.63, 3.8) is 0 Å². The molecule has 2 aromatic carbocycles. The molecule has 0 saturated heterocycles. The molecule has 1 N–H and O–H groups in total. The number of aromatic nitrogens is 3. The second-order valence-electron chi connectivity index (χ2n) is 6.55. The van der Waals surface area contributed by atoms with Gasteiger partial charge in [-0.15, -0.1) is 15.0 Å². The molecular formula is C17H18IN3O. The van der Waals surface area contributed by atoms with Crippen molar-refractivity contribution in [3.05, 3.63) is 45.0 Å². The fourth-order valence-electron chi connectivity index (χ4n) is 2.48. The third-order valence-corrected chi connectivity index (χ3v) is 4.27. The zero-order chi connectivity index (χ0) is 16.1. The monoisotopic (exact) mass is 407 g/mol. The van der Waals surface area contributed by atoms with Crippen LogP contribution in [-0.4, -0.2) is 20.1 Å². The van der Waals surface area contributed by atoms with Gasteiger partial charge in [0.25, 0.3) is 0 Å². The summed E-state index contributed by atoms with van der Waals surface area (Å²) in [5.74, 6) is 0.244. The molecule has 0 amide bonds. The average molecular weight is 407 g/mol. The van der Waals surface area contributed by atoms with Gasteiger partial charge in [-0.3, -0.25) is 0 Å². The van der Waals surface area contributed by atoms with Gasteiger partial charge in [-0.1, -0.05) is 26.8 Å². The summed E-state index contributed by atoms with van der Waals surface area (Å²) in [7, 11) is 0. The molecule has 0 aliphatic rings. The molecular weight excluding hydrogens is 389 g/mol. The Morgan fingerprint density at radius 1 is 1.05 bits per heavy atom. The summed E-state index contributed by atoms with van der Waals surface area (Å²) in [6, 6.07) is 9.85. The largest absolute Gasteiger partial charge is 0.505 e. The molecule has 114 valence electrons. The minimum atomic E-state index is -0.146. The van der Waals surface area contributed by atoms with Gasteiger partial charge in [-0.05, 0) is 64.8 Å². The van der Waals surface area contributed by atoms with Crippen molar-refractivity contribution in [1.29, 1.82) is 0 Å². The van der Waals surface area contributed by atoms with Gasteiger partial charge in [0.1, 0.15) is 22.5 Å². The number of aryl methyl sites for hydroxylation is 1. The highest BCUT2D eigenvalue weighted by Gasteiger charge is 2.22. The van der Waals surface area contributed by atoms with Crippen LogP contribution in [-0.2, 0) is 5.41 Å². The lowest BCUT2D eigenvalue weighted by Gasteiger charge is -2.22. The van der Waals surface area contributed by atoms with Crippen molar-refractivity contribution in [1.82, 2.24) is 15.0 Å². The molecule has 0 unspecified atom stereocenters. The Hall–Kier alpha value is -1.63. The van der Waals surface area contributed by atoms with Crippen molar-refractivity contribution in [2.24, 2.45) is 0 Å². The Balaban J connectivity index is 2.24. The van der Waals surface area contributed by atoms with Gasteiger partial charge < -0.3 is 5.11 Å². The average Bonchev–Trinajstić information content (AvgIpc) is 2.82. The zero-order valence-corrected chi connectivity index (χ0v) is 15.2. The van der Waals surface area contributed by atoms with Crippen LogP contribution in [0.2, 0.25) is 0 Å². The number of aromatic hydroxyl groups is 1. The van der Waals surface area contributed by atoms with Crippen molar-refractivity contribution in [3.8, 4) is 11.4 Å². The minimum absolute atomic E-state index is 0.146. The molecule has 1 aromatic heterocycles. The van der Waals surface area contributed by atoms with Crippen LogP contribution in [0.3, 0.4) is 0 Å². The van der Waals surface area contributed by atoms with Gasteiger partial charge in [-0.25, -0.2) is 0 Å². The number of rotatable bonds is 1. The molecule has 0 radical (unpaired) electrons. The Kier molecular flexibility index (Phi) is 3.63. The summed E-state index contributed by atoms with van der Waals surface area (Å²) in [4.78, 5) is 1.53. The maximum absolute atomic E-state index is 10.7. The first-order chi connectivity index (χ1) is 10.3. The van der Waals surface area contributed by atoms with E-state index in [2.05, 4.69) is 53.6 Å². The molecule has 0 aliphatic heterocycles. The third-order valence-electron chi connectivity index (χ3n) is 3.60. The van der Waals surface area contributed by atoms with Gasteiger partial charge in [0.15, 0.2) is 0 Å². The van der Waals surface area contributed by atoms with Crippen LogP contribution in [0.1, 0.15) is 31.9 Å². The first kappa shape index (κ1) is 15.3. The molecule has 1 heterocycles. The summed E-state index contributed by atoms with van der Waals surface area (Å²) >= 11 is 2.25. The number of benzene rings is 2. The Labute approximate surface area is 143 Å². The fourth-order valence-corrected chi connectivity index (χ4v) is 2.95. The standard InChI is InChI=1S/C17H18IN3O/c1-10-7-12(17(2,3)4)16(22)15(8-10)21-19-13-6-5-11(18)9-14(13)20-21/h5-9,22H,1-4H3. The highest BCUT2D eigenvalue weighted by Crippen LogP contribution is 2.36. The van der Waals surface area contributed by atoms with E-state index in [9.17, 15) is 5.11 Å². The van der Waals surface area contributed by atoms with Gasteiger partial charge in [0.2, 0.25) is 0 Å². The highest BCUT2D eigenvalue weighted by atomic mass is 127. The summed E-state index contributed by atoms with van der Waals surface area (Å²) < 4.78 is 1.11. The summed E-state index contributed by atoms with van der Waals surface area (Å²) in [5.41, 5.74) is 4.10. The number of phenolic OH excluding ortho intramolecular Hbond substituents is 1. The van der Waals surface area contributed by atoms with Crippen LogP contribution >= 0.6 is 22.6 Å². The Bertz CT molecular complexity index is 862. The van der Waals surface area contributed by atoms with Crippen LogP contribution < -0.4 is 0 Å². The van der Waals surface area contributed by atoms with Gasteiger partial charge >= 0.3 is 0 Å². The normalized spacial score (nSPS) is 12.0. The number of fused-ring (bicyclic) bond motifs is 1. The number of hydrogen-bond acceptors (Lipinski definition) is 3. The highest BCUT2D eigenvalue weighted by molar-refractivity contribution is 14.1. The van der Waals surface area contributed by atoms with Crippen LogP contribution in [0.15, 0.2) is 30.3 Å². The maximum atomic E-state index is 10.7. The first-order valence-electron chi connectivity index (χ1n) is 7.13. The Morgan fingerprint density at radius 2 is 1.73 bits per heavy atom. The van der Waals surface area contributed by atoms with Crippen LogP contribution in [0.25, 0.3) is 16.7 Å². The van der Waals surface area contributed by atoms with E-state index < -0.39 is 0 Å². The molecule has 0 fully saturated rings. The second-order valence-corrected chi connectivity index (χ2v) is 7.80. The number of nitrogens with zero attached hydrogens (tertiary/aromatic N) is 3. The summed E-state index contributed by atoms with van der Waals surface area (Å²) in [6.07, 6.45) is 0. The molecule has 0 spiro atoms. The number of phenols is 1. The maximum Gasteiger partial charge on any atom is 0.146 e. The molecule has 0 bridgehead atoms. The smallest absolute Gasteiger partial charge is 0.146 e. The topological polar surface area (TPSA) is 50.9 Å². The molecule has 4 nitrogen and oxygen atoms in total. The number of hydrogen-bond donors (Lipinski definition) is 1. The van der Waals surface area contributed by atoms with Crippen LogP contribution in [0.5, 0.6) is 5.75 Å². The molecule has 5 heteroatoms. The molecule has 0 atom stereocenters. The van der Waals surface area contributed by atoms with E-state index in [4.69, 9.17) is 0 Å². The Morgan fingerprint density at radius 3 is 2.41 bits per heavy atom. The van der Waals surface area contributed by atoms with Crippen LogP contribution in [0.4, 0.5) is 0 Å². The molecule has 3 rings (SSSR count). The van der Waals surface area contributed by atoms with E-state index in [1.807, 2.05) is 37.3 Å². The van der Waals surface area contributed by atoms with Gasteiger partial charge in [-0.2, -0.15) is 0 Å². The molecule has 0 saturated carbocycles. The van der Waals surface area contributed by atoms with E-state index in [0.29, 0.717) is 5.69 Å². The minimum Gasteiger partial charge on any atom is -0.505 e. The summed E-state index contributed by atoms with van der Waals surface area (Å²) in [5, 5.41) is 19.7. The van der Waals surface area contributed by atoms with E-state index in [0.717, 1.165) is 25.7 Å². The van der Waals surface area contributed by atoms with E-state index in [-0.39, 0.29) is 11.2 Å². The van der Waals surface area contributed by atoms with Crippen molar-refractivity contribution in [2.45, 2.75) is 33.1 Å². The SMILES string of the molecule is Cc1cc(-n2nc3ccc(I)cc3n2)c(O)c(C(C)(C)C)c1. The van der Waals surface area contributed by atoms with Gasteiger partial charge in [0, 0.05) is 9.13 Å². The predicted molar refractivity (Wildman–Crippen MR) is 96.7 cm³/mol. The third kappa shape index (κ3) is 2.69. The lowest BCUT2D eigenvalue weighted by Crippen LogP contribution is -2.13. The predicted octanol–water partition coefficient (Wildman–Crippen LogP) is 4.34. The quantitative estimate of drug-likeness (QED) is 0.611. The first-order valence-corrected chi connectivity index (χ1v) is 8.20. The second kappa shape index (κ2) is 5.22. The van der Waals surface area contributed by atoms with Crippen LogP contribution in [0, 0.1) is 10.5 Å².